The molecule has 5 nitrogen and oxygen atoms in total. The van der Waals surface area contributed by atoms with Crippen LogP contribution in [0, 0.1) is 6.92 Å². The van der Waals surface area contributed by atoms with Crippen LogP contribution in [0.5, 0.6) is 11.5 Å². The number of benzene rings is 2. The molecule has 26 heavy (non-hydrogen) atoms. The third-order valence-corrected chi connectivity index (χ3v) is 4.72. The van der Waals surface area contributed by atoms with Gasteiger partial charge in [-0.3, -0.25) is 9.69 Å². The molecule has 2 aromatic rings. The number of aryl methyl sites for hydroxylation is 1. The Hall–Kier alpha value is -2.99. The van der Waals surface area contributed by atoms with E-state index in [0.29, 0.717) is 22.3 Å². The van der Waals surface area contributed by atoms with Crippen LogP contribution < -0.4 is 0 Å². The summed E-state index contributed by atoms with van der Waals surface area (Å²) in [4.78, 5) is 19.2. The molecule has 1 fully saturated rings. The van der Waals surface area contributed by atoms with Crippen molar-refractivity contribution < 1.29 is 15.0 Å². The van der Waals surface area contributed by atoms with Crippen LogP contribution in [0.3, 0.4) is 0 Å². The molecule has 2 N–H and O–H groups in total. The molecule has 0 saturated carbocycles. The number of aromatic hydroxyl groups is 2. The third-order valence-electron chi connectivity index (χ3n) is 3.71. The number of carbonyl (C=O) groups excluding carboxylic acids is 1. The van der Waals surface area contributed by atoms with Crippen LogP contribution in [0.1, 0.15) is 11.1 Å². The summed E-state index contributed by atoms with van der Waals surface area (Å²) in [5.74, 6) is 0.00863. The van der Waals surface area contributed by atoms with E-state index in [4.69, 9.17) is 0 Å². The van der Waals surface area contributed by atoms with E-state index in [1.807, 2.05) is 13.0 Å². The largest absolute Gasteiger partial charge is 0.508 e. The van der Waals surface area contributed by atoms with Gasteiger partial charge in [0, 0.05) is 6.54 Å². The van der Waals surface area contributed by atoms with E-state index in [1.54, 1.807) is 48.6 Å². The van der Waals surface area contributed by atoms with Crippen molar-refractivity contribution in [3.05, 3.63) is 71.2 Å². The number of rotatable bonds is 4. The maximum atomic E-state index is 12.7. The van der Waals surface area contributed by atoms with Crippen molar-refractivity contribution in [1.29, 1.82) is 0 Å². The number of thioether (sulfide) groups is 1. The monoisotopic (exact) mass is 366 g/mol. The van der Waals surface area contributed by atoms with Crippen LogP contribution in [0.4, 0.5) is 5.69 Å². The fraction of sp³-hybridized carbons (Fsp3) is 0.100. The van der Waals surface area contributed by atoms with Gasteiger partial charge in [-0.1, -0.05) is 24.3 Å². The Balaban J connectivity index is 1.98. The van der Waals surface area contributed by atoms with E-state index in [1.165, 1.54) is 16.7 Å². The number of hydrogen-bond acceptors (Lipinski definition) is 5. The molecule has 0 spiro atoms. The Labute approximate surface area is 156 Å². The third kappa shape index (κ3) is 3.81. The van der Waals surface area contributed by atoms with Crippen LogP contribution in [0.15, 0.2) is 65.0 Å². The van der Waals surface area contributed by atoms with Gasteiger partial charge in [-0.25, -0.2) is 4.99 Å². The van der Waals surface area contributed by atoms with Gasteiger partial charge in [0.1, 0.15) is 17.2 Å². The van der Waals surface area contributed by atoms with Gasteiger partial charge >= 0.3 is 0 Å². The van der Waals surface area contributed by atoms with Crippen LogP contribution in [0.2, 0.25) is 0 Å². The van der Waals surface area contributed by atoms with Crippen molar-refractivity contribution in [2.45, 2.75) is 6.92 Å². The molecule has 132 valence electrons. The first-order chi connectivity index (χ1) is 12.5. The van der Waals surface area contributed by atoms with Crippen molar-refractivity contribution in [2.75, 3.05) is 6.54 Å². The zero-order valence-electron chi connectivity index (χ0n) is 14.2. The van der Waals surface area contributed by atoms with Gasteiger partial charge in [-0.05, 0) is 60.2 Å². The molecular formula is C20H18N2O3S. The van der Waals surface area contributed by atoms with Crippen LogP contribution >= 0.6 is 11.8 Å². The van der Waals surface area contributed by atoms with Gasteiger partial charge in [0.25, 0.3) is 5.91 Å². The molecule has 0 aromatic heterocycles. The summed E-state index contributed by atoms with van der Waals surface area (Å²) in [6.45, 7) is 5.88. The van der Waals surface area contributed by atoms with Gasteiger partial charge in [0.15, 0.2) is 5.17 Å². The lowest BCUT2D eigenvalue weighted by Crippen LogP contribution is -2.29. The average molecular weight is 366 g/mol. The lowest BCUT2D eigenvalue weighted by atomic mass is 10.2. The Kier molecular flexibility index (Phi) is 5.14. The van der Waals surface area contributed by atoms with Crippen molar-refractivity contribution in [3.8, 4) is 11.5 Å². The molecule has 0 bridgehead atoms. The predicted molar refractivity (Wildman–Crippen MR) is 106 cm³/mol. The maximum absolute atomic E-state index is 12.7. The Morgan fingerprint density at radius 3 is 2.73 bits per heavy atom. The molecular weight excluding hydrogens is 348 g/mol. The van der Waals surface area contributed by atoms with E-state index in [0.717, 1.165) is 11.1 Å². The Bertz CT molecular complexity index is 934. The van der Waals surface area contributed by atoms with Gasteiger partial charge in [-0.15, -0.1) is 6.58 Å². The first kappa shape index (κ1) is 17.8. The van der Waals surface area contributed by atoms with Crippen LogP contribution in [-0.2, 0) is 4.79 Å². The molecule has 0 radical (unpaired) electrons. The normalized spacial score (nSPS) is 17.3. The molecule has 0 unspecified atom stereocenters. The molecule has 0 aliphatic carbocycles. The summed E-state index contributed by atoms with van der Waals surface area (Å²) >= 11 is 1.22. The highest BCUT2D eigenvalue weighted by Gasteiger charge is 2.32. The SMILES string of the molecule is C=CCN1C(=O)/C(=C/c2cccc(O)c2)SC1=Nc1ccc(C)cc1O. The zero-order valence-corrected chi connectivity index (χ0v) is 15.0. The van der Waals surface area contributed by atoms with Crippen LogP contribution in [-0.4, -0.2) is 32.7 Å². The number of phenols is 2. The Morgan fingerprint density at radius 1 is 1.23 bits per heavy atom. The van der Waals surface area contributed by atoms with Crippen molar-refractivity contribution in [2.24, 2.45) is 4.99 Å². The second-order valence-corrected chi connectivity index (χ2v) is 6.81. The standard InChI is InChI=1S/C20H18N2O3S/c1-3-9-22-19(25)18(12-14-5-4-6-15(23)11-14)26-20(22)21-16-8-7-13(2)10-17(16)24/h3-8,10-12,23-24H,1,9H2,2H3/b18-12-,21-20?. The number of carbonyl (C=O) groups is 1. The summed E-state index contributed by atoms with van der Waals surface area (Å²) in [5, 5.41) is 20.1. The smallest absolute Gasteiger partial charge is 0.267 e. The van der Waals surface area contributed by atoms with E-state index >= 15 is 0 Å². The Morgan fingerprint density at radius 2 is 2.04 bits per heavy atom. The van der Waals surface area contributed by atoms with E-state index < -0.39 is 0 Å². The van der Waals surface area contributed by atoms with Gasteiger partial charge < -0.3 is 10.2 Å². The summed E-state index contributed by atoms with van der Waals surface area (Å²) in [6.07, 6.45) is 3.33. The number of phenolic OH excluding ortho intramolecular Hbond substituents is 2. The molecule has 1 amide bonds. The van der Waals surface area contributed by atoms with Gasteiger partial charge in [0.05, 0.1) is 4.91 Å². The minimum atomic E-state index is -0.191. The summed E-state index contributed by atoms with van der Waals surface area (Å²) in [7, 11) is 0. The first-order valence-electron chi connectivity index (χ1n) is 7.97. The topological polar surface area (TPSA) is 73.1 Å². The minimum absolute atomic E-state index is 0.0644. The second-order valence-electron chi connectivity index (χ2n) is 5.80. The van der Waals surface area contributed by atoms with Crippen LogP contribution in [0.25, 0.3) is 6.08 Å². The molecule has 1 saturated heterocycles. The van der Waals surface area contributed by atoms with E-state index in [9.17, 15) is 15.0 Å². The fourth-order valence-electron chi connectivity index (χ4n) is 2.48. The van der Waals surface area contributed by atoms with Crippen molar-refractivity contribution in [3.63, 3.8) is 0 Å². The molecule has 1 aliphatic heterocycles. The summed E-state index contributed by atoms with van der Waals surface area (Å²) < 4.78 is 0. The molecule has 1 heterocycles. The predicted octanol–water partition coefficient (Wildman–Crippen LogP) is 4.20. The lowest BCUT2D eigenvalue weighted by Gasteiger charge is -2.12. The molecule has 6 heteroatoms. The first-order valence-corrected chi connectivity index (χ1v) is 8.79. The van der Waals surface area contributed by atoms with Crippen molar-refractivity contribution >= 4 is 34.6 Å². The number of amidine groups is 1. The average Bonchev–Trinajstić information content (AvgIpc) is 2.87. The summed E-state index contributed by atoms with van der Waals surface area (Å²) in [5.41, 5.74) is 2.05. The lowest BCUT2D eigenvalue weighted by molar-refractivity contribution is -0.121. The maximum Gasteiger partial charge on any atom is 0.267 e. The molecule has 1 aliphatic rings. The van der Waals surface area contributed by atoms with Gasteiger partial charge in [0.2, 0.25) is 0 Å². The number of amides is 1. The number of hydrogen-bond donors (Lipinski definition) is 2. The number of nitrogens with zero attached hydrogens (tertiary/aromatic N) is 2. The summed E-state index contributed by atoms with van der Waals surface area (Å²) in [6, 6.07) is 11.9. The minimum Gasteiger partial charge on any atom is -0.508 e. The van der Waals surface area contributed by atoms with E-state index in [-0.39, 0.29) is 17.4 Å². The highest BCUT2D eigenvalue weighted by Crippen LogP contribution is 2.36. The fourth-order valence-corrected chi connectivity index (χ4v) is 3.48. The quantitative estimate of drug-likeness (QED) is 0.628. The second kappa shape index (κ2) is 7.49. The molecule has 3 rings (SSSR count). The molecule has 0 atom stereocenters. The zero-order chi connectivity index (χ0) is 18.7. The van der Waals surface area contributed by atoms with Crippen molar-refractivity contribution in [1.82, 2.24) is 4.90 Å². The van der Waals surface area contributed by atoms with Gasteiger partial charge in [-0.2, -0.15) is 0 Å². The molecule has 2 aromatic carbocycles. The highest BCUT2D eigenvalue weighted by molar-refractivity contribution is 8.18. The van der Waals surface area contributed by atoms with E-state index in [2.05, 4.69) is 11.6 Å². The number of aliphatic imine (C=N–C) groups is 1. The highest BCUT2D eigenvalue weighted by atomic mass is 32.2.